The molecule has 15 aromatic rings. The Labute approximate surface area is 409 Å². The molecular formula is C68H43N3. The zero-order chi connectivity index (χ0) is 46.6. The maximum atomic E-state index is 2.51. The van der Waals surface area contributed by atoms with Gasteiger partial charge in [-0.15, -0.1) is 0 Å². The molecule has 0 saturated heterocycles. The highest BCUT2D eigenvalue weighted by Gasteiger charge is 2.25. The molecule has 0 atom stereocenters. The zero-order valence-electron chi connectivity index (χ0n) is 38.7. The third-order valence-corrected chi connectivity index (χ3v) is 15.0. The zero-order valence-corrected chi connectivity index (χ0v) is 38.7. The molecule has 3 heterocycles. The second kappa shape index (κ2) is 15.5. The van der Waals surface area contributed by atoms with E-state index >= 15 is 0 Å². The number of rotatable bonds is 6. The summed E-state index contributed by atoms with van der Waals surface area (Å²) in [5.41, 5.74) is 17.8. The van der Waals surface area contributed by atoms with Crippen molar-refractivity contribution in [2.45, 2.75) is 0 Å². The molecular weight excluding hydrogens is 859 g/mol. The Hall–Kier alpha value is -9.44. The molecule has 3 nitrogen and oxygen atoms in total. The molecule has 0 fully saturated rings. The first-order valence-corrected chi connectivity index (χ1v) is 24.5. The predicted octanol–water partition coefficient (Wildman–Crippen LogP) is 18.3. The van der Waals surface area contributed by atoms with Crippen molar-refractivity contribution in [1.29, 1.82) is 0 Å². The molecule has 3 aromatic heterocycles. The topological polar surface area (TPSA) is 14.8 Å². The van der Waals surface area contributed by atoms with Gasteiger partial charge in [-0.25, -0.2) is 0 Å². The second-order valence-corrected chi connectivity index (χ2v) is 18.7. The van der Waals surface area contributed by atoms with E-state index in [4.69, 9.17) is 0 Å². The quantitative estimate of drug-likeness (QED) is 0.148. The molecule has 0 spiro atoms. The predicted molar refractivity (Wildman–Crippen MR) is 301 cm³/mol. The Bertz CT molecular complexity index is 4400. The Morgan fingerprint density at radius 1 is 0.183 bits per heavy atom. The van der Waals surface area contributed by atoms with Gasteiger partial charge in [0.05, 0.1) is 33.1 Å². The summed E-state index contributed by atoms with van der Waals surface area (Å²) < 4.78 is 7.42. The highest BCUT2D eigenvalue weighted by atomic mass is 15.0. The van der Waals surface area contributed by atoms with Gasteiger partial charge >= 0.3 is 0 Å². The highest BCUT2D eigenvalue weighted by Crippen LogP contribution is 2.49. The van der Waals surface area contributed by atoms with E-state index in [1.807, 2.05) is 0 Å². The summed E-state index contributed by atoms with van der Waals surface area (Å²) in [6.45, 7) is 0. The second-order valence-electron chi connectivity index (χ2n) is 18.7. The minimum Gasteiger partial charge on any atom is -0.309 e. The van der Waals surface area contributed by atoms with Gasteiger partial charge in [0.15, 0.2) is 0 Å². The fourth-order valence-corrected chi connectivity index (χ4v) is 12.2. The molecule has 12 aromatic carbocycles. The van der Waals surface area contributed by atoms with Crippen LogP contribution in [-0.2, 0) is 0 Å². The minimum absolute atomic E-state index is 1.14. The molecule has 0 amide bonds. The average Bonchev–Trinajstić information content (AvgIpc) is 4.09. The lowest BCUT2D eigenvalue weighted by Crippen LogP contribution is -1.98. The Morgan fingerprint density at radius 2 is 0.465 bits per heavy atom. The van der Waals surface area contributed by atoms with Crippen molar-refractivity contribution in [1.82, 2.24) is 13.7 Å². The molecule has 0 aliphatic carbocycles. The van der Waals surface area contributed by atoms with Crippen LogP contribution in [0.25, 0.3) is 137 Å². The van der Waals surface area contributed by atoms with Crippen LogP contribution in [0.1, 0.15) is 0 Å². The fraction of sp³-hybridized carbons (Fsp3) is 0. The van der Waals surface area contributed by atoms with Crippen molar-refractivity contribution >= 4 is 87.0 Å². The van der Waals surface area contributed by atoms with Crippen LogP contribution in [0, 0.1) is 0 Å². The first-order chi connectivity index (χ1) is 35.3. The first kappa shape index (κ1) is 39.5. The van der Waals surface area contributed by atoms with E-state index in [1.165, 1.54) is 120 Å². The highest BCUT2D eigenvalue weighted by molar-refractivity contribution is 6.26. The lowest BCUT2D eigenvalue weighted by molar-refractivity contribution is 1.18. The number of hydrogen-bond donors (Lipinski definition) is 0. The van der Waals surface area contributed by atoms with Gasteiger partial charge in [0.1, 0.15) is 0 Å². The normalized spacial score (nSPS) is 11.9. The Balaban J connectivity index is 1.13. The third kappa shape index (κ3) is 5.78. The molecule has 330 valence electrons. The van der Waals surface area contributed by atoms with Crippen LogP contribution < -0.4 is 0 Å². The van der Waals surface area contributed by atoms with E-state index < -0.39 is 0 Å². The maximum Gasteiger partial charge on any atom is 0.0619 e. The van der Waals surface area contributed by atoms with Crippen LogP contribution in [0.2, 0.25) is 0 Å². The number of nitrogens with zero attached hydrogens (tertiary/aromatic N) is 3. The summed E-state index contributed by atoms with van der Waals surface area (Å²) in [7, 11) is 0. The van der Waals surface area contributed by atoms with Gasteiger partial charge in [0.2, 0.25) is 0 Å². The number of fused-ring (bicyclic) bond motifs is 11. The van der Waals surface area contributed by atoms with Crippen molar-refractivity contribution in [3.05, 3.63) is 261 Å². The molecule has 0 N–H and O–H groups in total. The summed E-state index contributed by atoms with van der Waals surface area (Å²) in [6, 6.07) is 96.2. The SMILES string of the molecule is c1ccc(-n2c3ccccc3c3cccc(-c4cccc5c(-c6cccc7c8ccccc8n(-c8ccccc8)c67)c6cccc(-c7cccc8c9ccccc9n(-c9ccccc9)c78)c6cc45)c32)cc1. The fourth-order valence-electron chi connectivity index (χ4n) is 12.2. The van der Waals surface area contributed by atoms with Crippen molar-refractivity contribution in [2.24, 2.45) is 0 Å². The van der Waals surface area contributed by atoms with Crippen molar-refractivity contribution < 1.29 is 0 Å². The van der Waals surface area contributed by atoms with Crippen LogP contribution >= 0.6 is 0 Å². The van der Waals surface area contributed by atoms with Crippen molar-refractivity contribution in [3.63, 3.8) is 0 Å². The number of benzene rings is 12. The Morgan fingerprint density at radius 3 is 0.845 bits per heavy atom. The smallest absolute Gasteiger partial charge is 0.0619 e. The third-order valence-electron chi connectivity index (χ3n) is 15.0. The van der Waals surface area contributed by atoms with Crippen molar-refractivity contribution in [3.8, 4) is 50.4 Å². The van der Waals surface area contributed by atoms with E-state index in [-0.39, 0.29) is 0 Å². The van der Waals surface area contributed by atoms with Gasteiger partial charge in [-0.3, -0.25) is 0 Å². The number of para-hydroxylation sites is 9. The first-order valence-electron chi connectivity index (χ1n) is 24.5. The van der Waals surface area contributed by atoms with E-state index in [9.17, 15) is 0 Å². The van der Waals surface area contributed by atoms with E-state index in [2.05, 4.69) is 275 Å². The minimum atomic E-state index is 1.14. The molecule has 0 unspecified atom stereocenters. The van der Waals surface area contributed by atoms with Gasteiger partial charge < -0.3 is 13.7 Å². The van der Waals surface area contributed by atoms with Crippen LogP contribution in [0.15, 0.2) is 261 Å². The van der Waals surface area contributed by atoms with E-state index in [0.29, 0.717) is 0 Å². The number of hydrogen-bond acceptors (Lipinski definition) is 0. The van der Waals surface area contributed by atoms with E-state index in [0.717, 1.165) is 17.1 Å². The van der Waals surface area contributed by atoms with Gasteiger partial charge in [-0.1, -0.05) is 200 Å². The molecule has 0 radical (unpaired) electrons. The molecule has 71 heavy (non-hydrogen) atoms. The lowest BCUT2D eigenvalue weighted by Gasteiger charge is -2.20. The maximum absolute atomic E-state index is 2.51. The van der Waals surface area contributed by atoms with Crippen molar-refractivity contribution in [2.75, 3.05) is 0 Å². The molecule has 0 saturated carbocycles. The summed E-state index contributed by atoms with van der Waals surface area (Å²) >= 11 is 0. The van der Waals surface area contributed by atoms with Gasteiger partial charge in [-0.05, 0) is 98.9 Å². The monoisotopic (exact) mass is 901 g/mol. The van der Waals surface area contributed by atoms with Crippen LogP contribution in [-0.4, -0.2) is 13.7 Å². The molecule has 0 aliphatic rings. The summed E-state index contributed by atoms with van der Waals surface area (Å²) in [4.78, 5) is 0. The summed E-state index contributed by atoms with van der Waals surface area (Å²) in [6.07, 6.45) is 0. The van der Waals surface area contributed by atoms with Gasteiger partial charge in [0.25, 0.3) is 0 Å². The number of aromatic nitrogens is 3. The lowest BCUT2D eigenvalue weighted by atomic mass is 9.85. The van der Waals surface area contributed by atoms with Crippen LogP contribution in [0.4, 0.5) is 0 Å². The van der Waals surface area contributed by atoms with Crippen LogP contribution in [0.5, 0.6) is 0 Å². The molecule has 15 rings (SSSR count). The summed E-state index contributed by atoms with van der Waals surface area (Å²) in [5.74, 6) is 0. The van der Waals surface area contributed by atoms with Gasteiger partial charge in [0, 0.05) is 66.1 Å². The Kier molecular flexibility index (Phi) is 8.66. The van der Waals surface area contributed by atoms with E-state index in [1.54, 1.807) is 0 Å². The largest absolute Gasteiger partial charge is 0.309 e. The standard InChI is InChI=1S/C68H43N3/c1-4-21-44(22-5-1)69-62-40-13-10-27-49(62)56-36-18-34-54(66(56)69)47-30-16-32-52-60(47)43-61-48(55-35-19-37-57-50-28-11-14-41-63(50)70(67(55)57)45-23-6-2-7-24-45)31-17-33-53(61)65(52)59-39-20-38-58-51-29-12-15-42-64(51)71(68(58)59)46-25-8-3-9-26-46/h1-43H. The average molecular weight is 902 g/mol. The summed E-state index contributed by atoms with van der Waals surface area (Å²) in [5, 5.41) is 12.2. The molecule has 0 bridgehead atoms. The molecule has 0 aliphatic heterocycles. The van der Waals surface area contributed by atoms with Gasteiger partial charge in [-0.2, -0.15) is 0 Å². The van der Waals surface area contributed by atoms with Crippen LogP contribution in [0.3, 0.4) is 0 Å². The molecule has 3 heteroatoms.